The van der Waals surface area contributed by atoms with Crippen LogP contribution < -0.4 is 0 Å². The van der Waals surface area contributed by atoms with E-state index in [1.807, 2.05) is 0 Å². The van der Waals surface area contributed by atoms with Gasteiger partial charge in [0.25, 0.3) is 0 Å². The molecule has 12 valence electrons. The molecule has 0 aliphatic rings. The van der Waals surface area contributed by atoms with Gasteiger partial charge in [-0.1, -0.05) is 0 Å². The molecule has 0 saturated heterocycles. The van der Waals surface area contributed by atoms with Crippen LogP contribution in [-0.2, 0) is 0 Å². The van der Waals surface area contributed by atoms with Crippen molar-refractivity contribution in [1.29, 1.82) is 0 Å². The molecule has 0 heterocycles. The molecule has 0 amide bonds. The molecule has 0 aromatic rings. The molecule has 0 spiro atoms. The molecule has 0 fully saturated rings. The average molecular weight is 211 g/mol. The fourth-order valence-corrected chi connectivity index (χ4v) is 0. The first-order valence-corrected chi connectivity index (χ1v) is 0. The minimum atomic E-state index is 0. The third kappa shape index (κ3) is 9.75. The van der Waals surface area contributed by atoms with Crippen LogP contribution >= 0.6 is 0 Å². The van der Waals surface area contributed by atoms with E-state index in [9.17, 15) is 0 Å². The van der Waals surface area contributed by atoms with Gasteiger partial charge in [-0.05, 0) is 0 Å². The van der Waals surface area contributed by atoms with Crippen molar-refractivity contribution in [2.45, 2.75) is 0 Å². The second-order valence-electron chi connectivity index (χ2n) is 0. The Kier molecular flexibility index (Phi) is 92.0. The fraction of sp³-hybridized carbons (Fsp3) is 0. The second-order valence-corrected chi connectivity index (χ2v) is 0. The third-order valence-corrected chi connectivity index (χ3v) is 0. The Hall–Kier alpha value is 4.56. The van der Waals surface area contributed by atoms with Gasteiger partial charge in [-0.25, -0.2) is 0 Å². The second kappa shape index (κ2) is 15.6. The molecule has 0 nitrogen and oxygen atoms in total. The summed E-state index contributed by atoms with van der Waals surface area (Å²) < 4.78 is 0. The summed E-state index contributed by atoms with van der Waals surface area (Å²) in [7, 11) is 0. The van der Waals surface area contributed by atoms with Crippen molar-refractivity contribution in [3.63, 3.8) is 0 Å². The number of hydrogen-bond donors (Lipinski definition) is 0. The van der Waals surface area contributed by atoms with Crippen molar-refractivity contribution in [1.82, 2.24) is 0 Å². The predicted octanol–water partition coefficient (Wildman–Crippen LogP) is -3.13. The zero-order valence-corrected chi connectivity index (χ0v) is 0. The van der Waals surface area contributed by atoms with E-state index in [0.717, 1.165) is 0 Å². The Labute approximate surface area is 135 Å². The Bertz CT molecular complexity index is 6.00. The molecule has 0 unspecified atom stereocenters. The molecule has 0 aliphatic heterocycles. The van der Waals surface area contributed by atoms with E-state index in [-0.39, 0.29) is 139 Å². The van der Waals surface area contributed by atoms with E-state index in [1.54, 1.807) is 0 Å². The van der Waals surface area contributed by atoms with Gasteiger partial charge in [-0.3, -0.25) is 0 Å². The number of rotatable bonds is 0. The Balaban J connectivity index is 0. The summed E-state index contributed by atoms with van der Waals surface area (Å²) in [6.07, 6.45) is 0. The van der Waals surface area contributed by atoms with E-state index in [0.29, 0.717) is 0 Å². The summed E-state index contributed by atoms with van der Waals surface area (Å²) >= 11 is 0. The molecule has 0 aromatic carbocycles. The zero-order chi connectivity index (χ0) is 0. The van der Waals surface area contributed by atoms with Crippen LogP contribution in [0, 0.1) is 0 Å². The summed E-state index contributed by atoms with van der Waals surface area (Å²) in [5.41, 5.74) is 0. The normalized spacial score (nSPS) is 0. The summed E-state index contributed by atoms with van der Waals surface area (Å²) in [6.45, 7) is 0. The van der Waals surface area contributed by atoms with Crippen molar-refractivity contribution in [3.05, 3.63) is 0 Å². The van der Waals surface area contributed by atoms with Gasteiger partial charge in [0, 0.05) is 0 Å². The first-order chi connectivity index (χ1) is 0. The number of hydrogen-bond acceptors (Lipinski definition) is 0. The van der Waals surface area contributed by atoms with Gasteiger partial charge >= 0.3 is 139 Å². The van der Waals surface area contributed by atoms with Crippen LogP contribution in [0.25, 0.3) is 0 Å². The quantitative estimate of drug-likeness (QED) is 0.372. The Morgan fingerprint density at radius 2 is 0.750 bits per heavy atom. The molecule has 0 rings (SSSR count). The van der Waals surface area contributed by atoms with Gasteiger partial charge in [-0.15, -0.1) is 0 Å². The van der Waals surface area contributed by atoms with Gasteiger partial charge < -0.3 is 0 Å². The van der Waals surface area contributed by atoms with Crippen LogP contribution in [0.15, 0.2) is 0 Å². The van der Waals surface area contributed by atoms with Crippen molar-refractivity contribution >= 4 is 139 Å². The topological polar surface area (TPSA) is 0 Å². The van der Waals surface area contributed by atoms with Crippen LogP contribution in [-0.4, -0.2) is 139 Å². The summed E-state index contributed by atoms with van der Waals surface area (Å²) in [5, 5.41) is 0. The van der Waals surface area contributed by atoms with Crippen LogP contribution in [0.3, 0.4) is 0 Å². The molecule has 0 saturated carbocycles. The molecule has 4 heavy (non-hydrogen) atoms. The SMILES string of the molecule is [LiH].[NaH].[SrH2].[SrH2]. The molecule has 0 radical (unpaired) electrons. The summed E-state index contributed by atoms with van der Waals surface area (Å²) in [6, 6.07) is 0. The molecule has 4 heteroatoms. The van der Waals surface area contributed by atoms with Crippen molar-refractivity contribution in [3.8, 4) is 0 Å². The first-order valence-electron chi connectivity index (χ1n) is 0. The molecular formula is H6LiNaSr2. The molecule has 0 N–H and O–H groups in total. The van der Waals surface area contributed by atoms with Crippen LogP contribution in [0.5, 0.6) is 0 Å². The van der Waals surface area contributed by atoms with E-state index in [2.05, 4.69) is 0 Å². The van der Waals surface area contributed by atoms with Crippen LogP contribution in [0.4, 0.5) is 0 Å². The van der Waals surface area contributed by atoms with Crippen molar-refractivity contribution in [2.24, 2.45) is 0 Å². The Morgan fingerprint density at radius 3 is 0.750 bits per heavy atom. The molecule has 0 aliphatic carbocycles. The van der Waals surface area contributed by atoms with E-state index < -0.39 is 0 Å². The Morgan fingerprint density at radius 1 is 0.750 bits per heavy atom. The van der Waals surface area contributed by atoms with Crippen molar-refractivity contribution < 1.29 is 0 Å². The minimum absolute atomic E-state index is 0. The zero-order valence-electron chi connectivity index (χ0n) is 0. The summed E-state index contributed by atoms with van der Waals surface area (Å²) in [5.74, 6) is 0. The van der Waals surface area contributed by atoms with Gasteiger partial charge in [-0.2, -0.15) is 0 Å². The van der Waals surface area contributed by atoms with E-state index in [1.165, 1.54) is 0 Å². The average Bonchev–Trinajstić information content (AvgIpc) is 0. The van der Waals surface area contributed by atoms with Gasteiger partial charge in [0.15, 0.2) is 0 Å². The molecule has 0 atom stereocenters. The molecule has 0 bridgehead atoms. The van der Waals surface area contributed by atoms with Crippen LogP contribution in [0.1, 0.15) is 0 Å². The molecular weight excluding hydrogens is 205 g/mol. The third-order valence-electron chi connectivity index (χ3n) is 0. The predicted molar refractivity (Wildman–Crippen MR) is 31.4 cm³/mol. The van der Waals surface area contributed by atoms with E-state index in [4.69, 9.17) is 0 Å². The van der Waals surface area contributed by atoms with Gasteiger partial charge in [0.05, 0.1) is 0 Å². The maximum absolute atomic E-state index is 0. The van der Waals surface area contributed by atoms with E-state index >= 15 is 0 Å². The van der Waals surface area contributed by atoms with Crippen LogP contribution in [0.2, 0.25) is 0 Å². The first kappa shape index (κ1) is 23.5. The monoisotopic (exact) mass is 212 g/mol. The fourth-order valence-electron chi connectivity index (χ4n) is 0. The standard InChI is InChI=1S/Li.Na.2Sr.6H. The van der Waals surface area contributed by atoms with Gasteiger partial charge in [0.1, 0.15) is 0 Å². The van der Waals surface area contributed by atoms with Gasteiger partial charge in [0.2, 0.25) is 0 Å². The molecule has 0 aromatic heterocycles. The summed E-state index contributed by atoms with van der Waals surface area (Å²) in [4.78, 5) is 0. The maximum atomic E-state index is 0. The van der Waals surface area contributed by atoms with Crippen molar-refractivity contribution in [2.75, 3.05) is 0 Å².